The van der Waals surface area contributed by atoms with Crippen molar-refractivity contribution < 1.29 is 9.66 Å². The molecule has 0 amide bonds. The van der Waals surface area contributed by atoms with Crippen LogP contribution in [0.5, 0.6) is 0 Å². The van der Waals surface area contributed by atoms with Gasteiger partial charge in [0, 0.05) is 35.9 Å². The van der Waals surface area contributed by atoms with Crippen LogP contribution < -0.4 is 11.1 Å². The minimum Gasteiger partial charge on any atom is -0.378 e. The smallest absolute Gasteiger partial charge is 0.274 e. The van der Waals surface area contributed by atoms with E-state index in [0.29, 0.717) is 11.5 Å². The van der Waals surface area contributed by atoms with Crippen LogP contribution in [-0.2, 0) is 4.74 Å². The number of nitrogens with one attached hydrogen (secondary N) is 1. The Kier molecular flexibility index (Phi) is 3.35. The van der Waals surface area contributed by atoms with Crippen molar-refractivity contribution in [1.29, 1.82) is 0 Å². The predicted octanol–water partition coefficient (Wildman–Crippen LogP) is 1.82. The first-order valence-corrected chi connectivity index (χ1v) is 6.96. The molecule has 0 spiro atoms. The molecule has 1 aromatic carbocycles. The number of benzene rings is 1. The number of hydrogen-bond donors (Lipinski definition) is 2. The first-order chi connectivity index (χ1) is 9.58. The quantitative estimate of drug-likeness (QED) is 0.649. The molecule has 1 aliphatic carbocycles. The van der Waals surface area contributed by atoms with Gasteiger partial charge in [-0.3, -0.25) is 10.1 Å². The van der Waals surface area contributed by atoms with Gasteiger partial charge in [0.25, 0.3) is 5.69 Å². The molecule has 3 N–H and O–H groups in total. The lowest BCUT2D eigenvalue weighted by Crippen LogP contribution is -2.69. The topological polar surface area (TPSA) is 90.4 Å². The molecule has 6 heteroatoms. The van der Waals surface area contributed by atoms with Crippen LogP contribution in [0.3, 0.4) is 0 Å². The van der Waals surface area contributed by atoms with E-state index in [1.54, 1.807) is 19.1 Å². The van der Waals surface area contributed by atoms with Gasteiger partial charge in [0.1, 0.15) is 0 Å². The molecule has 0 aromatic heterocycles. The Bertz CT molecular complexity index is 534. The number of fused-ring (bicyclic) bond motifs is 1. The summed E-state index contributed by atoms with van der Waals surface area (Å²) in [6, 6.07) is 5.27. The zero-order chi connectivity index (χ0) is 14.3. The van der Waals surface area contributed by atoms with Crippen molar-refractivity contribution in [3.05, 3.63) is 33.9 Å². The maximum Gasteiger partial charge on any atom is 0.274 e. The Hall–Kier alpha value is -1.66. The average molecular weight is 277 g/mol. The number of aryl methyl sites for hydroxylation is 1. The summed E-state index contributed by atoms with van der Waals surface area (Å²) in [6.07, 6.45) is 2.31. The third-order valence-corrected chi connectivity index (χ3v) is 4.42. The summed E-state index contributed by atoms with van der Waals surface area (Å²) in [7, 11) is 0. The Morgan fingerprint density at radius 3 is 3.05 bits per heavy atom. The number of nitro groups is 1. The second kappa shape index (κ2) is 5.03. The minimum absolute atomic E-state index is 0.0441. The predicted molar refractivity (Wildman–Crippen MR) is 75.7 cm³/mol. The van der Waals surface area contributed by atoms with Gasteiger partial charge in [-0.2, -0.15) is 0 Å². The van der Waals surface area contributed by atoms with Crippen LogP contribution in [-0.4, -0.2) is 29.7 Å². The number of nitrogens with two attached hydrogens (primary N) is 1. The van der Waals surface area contributed by atoms with E-state index < -0.39 is 0 Å². The van der Waals surface area contributed by atoms with Gasteiger partial charge in [-0.1, -0.05) is 6.07 Å². The number of ether oxygens (including phenoxy) is 1. The Labute approximate surface area is 117 Å². The van der Waals surface area contributed by atoms with E-state index in [1.807, 2.05) is 6.07 Å². The van der Waals surface area contributed by atoms with Crippen LogP contribution >= 0.6 is 0 Å². The number of anilines is 1. The first kappa shape index (κ1) is 13.3. The van der Waals surface area contributed by atoms with Crippen molar-refractivity contribution in [2.45, 2.75) is 38.0 Å². The Balaban J connectivity index is 1.75. The normalized spacial score (nSPS) is 32.1. The van der Waals surface area contributed by atoms with Crippen molar-refractivity contribution in [2.24, 2.45) is 11.7 Å². The number of rotatable bonds is 3. The highest BCUT2D eigenvalue weighted by atomic mass is 16.6. The van der Waals surface area contributed by atoms with Crippen molar-refractivity contribution in [2.75, 3.05) is 11.9 Å². The van der Waals surface area contributed by atoms with Crippen molar-refractivity contribution in [3.63, 3.8) is 0 Å². The third kappa shape index (κ3) is 2.14. The summed E-state index contributed by atoms with van der Waals surface area (Å²) < 4.78 is 5.76. The van der Waals surface area contributed by atoms with E-state index in [1.165, 1.54) is 0 Å². The molecular formula is C14H19N3O3. The van der Waals surface area contributed by atoms with Gasteiger partial charge < -0.3 is 15.8 Å². The molecule has 3 rings (SSSR count). The zero-order valence-electron chi connectivity index (χ0n) is 11.4. The lowest BCUT2D eigenvalue weighted by molar-refractivity contribution is -0.385. The zero-order valence-corrected chi connectivity index (χ0v) is 11.4. The van der Waals surface area contributed by atoms with Crippen LogP contribution in [0, 0.1) is 23.0 Å². The van der Waals surface area contributed by atoms with Gasteiger partial charge in [-0.05, 0) is 25.8 Å². The van der Waals surface area contributed by atoms with E-state index in [4.69, 9.17) is 10.5 Å². The Morgan fingerprint density at radius 2 is 2.30 bits per heavy atom. The first-order valence-electron chi connectivity index (χ1n) is 6.96. The average Bonchev–Trinajstić information content (AvgIpc) is 2.45. The van der Waals surface area contributed by atoms with Gasteiger partial charge in [0.15, 0.2) is 0 Å². The molecule has 0 bridgehead atoms. The van der Waals surface area contributed by atoms with Crippen molar-refractivity contribution >= 4 is 11.4 Å². The molecule has 0 radical (unpaired) electrons. The number of hydrogen-bond acceptors (Lipinski definition) is 5. The van der Waals surface area contributed by atoms with Crippen LogP contribution in [0.2, 0.25) is 0 Å². The fraction of sp³-hybridized carbons (Fsp3) is 0.571. The molecule has 20 heavy (non-hydrogen) atoms. The van der Waals surface area contributed by atoms with Crippen molar-refractivity contribution in [3.8, 4) is 0 Å². The second-order valence-electron chi connectivity index (χ2n) is 5.65. The molecular weight excluding hydrogens is 258 g/mol. The molecule has 6 nitrogen and oxygen atoms in total. The molecule has 4 unspecified atom stereocenters. The maximum atomic E-state index is 11.0. The van der Waals surface area contributed by atoms with E-state index in [-0.39, 0.29) is 28.8 Å². The molecule has 108 valence electrons. The molecule has 4 atom stereocenters. The summed E-state index contributed by atoms with van der Waals surface area (Å²) in [5.74, 6) is 0.418. The second-order valence-corrected chi connectivity index (χ2v) is 5.65. The molecule has 1 heterocycles. The summed E-state index contributed by atoms with van der Waals surface area (Å²) in [6.45, 7) is 2.51. The summed E-state index contributed by atoms with van der Waals surface area (Å²) in [4.78, 5) is 10.6. The van der Waals surface area contributed by atoms with E-state index in [9.17, 15) is 10.1 Å². The summed E-state index contributed by atoms with van der Waals surface area (Å²) in [5, 5.41) is 14.3. The molecule has 1 aromatic rings. The van der Waals surface area contributed by atoms with Crippen LogP contribution in [0.15, 0.2) is 18.2 Å². The monoisotopic (exact) mass is 277 g/mol. The van der Waals surface area contributed by atoms with E-state index >= 15 is 0 Å². The standard InChI is InChI=1S/C14H19N3O3/c1-8-4-5-9(7-11(8)17(18)19)16-13-12(15)10-3-2-6-20-14(10)13/h4-5,7,10,12-14,16H,2-3,6,15H2,1H3. The summed E-state index contributed by atoms with van der Waals surface area (Å²) in [5.41, 5.74) is 7.69. The Morgan fingerprint density at radius 1 is 1.50 bits per heavy atom. The molecule has 1 saturated carbocycles. The summed E-state index contributed by atoms with van der Waals surface area (Å²) >= 11 is 0. The van der Waals surface area contributed by atoms with Gasteiger partial charge in [-0.15, -0.1) is 0 Å². The lowest BCUT2D eigenvalue weighted by Gasteiger charge is -2.52. The highest BCUT2D eigenvalue weighted by Gasteiger charge is 2.50. The van der Waals surface area contributed by atoms with Gasteiger partial charge in [0.2, 0.25) is 0 Å². The van der Waals surface area contributed by atoms with Gasteiger partial charge >= 0.3 is 0 Å². The van der Waals surface area contributed by atoms with Gasteiger partial charge in [-0.25, -0.2) is 0 Å². The van der Waals surface area contributed by atoms with E-state index in [2.05, 4.69) is 5.32 Å². The van der Waals surface area contributed by atoms with Crippen LogP contribution in [0.25, 0.3) is 0 Å². The SMILES string of the molecule is Cc1ccc(NC2C(N)C3CCCOC32)cc1[N+](=O)[O-]. The molecule has 1 aliphatic heterocycles. The fourth-order valence-corrected chi connectivity index (χ4v) is 3.21. The minimum atomic E-state index is -0.360. The maximum absolute atomic E-state index is 11.0. The highest BCUT2D eigenvalue weighted by Crippen LogP contribution is 2.39. The van der Waals surface area contributed by atoms with E-state index in [0.717, 1.165) is 25.1 Å². The lowest BCUT2D eigenvalue weighted by atomic mass is 9.68. The highest BCUT2D eigenvalue weighted by molar-refractivity contribution is 5.56. The van der Waals surface area contributed by atoms with Crippen LogP contribution in [0.4, 0.5) is 11.4 Å². The molecule has 2 aliphatic rings. The number of nitro benzene ring substituents is 1. The van der Waals surface area contributed by atoms with Crippen molar-refractivity contribution in [1.82, 2.24) is 0 Å². The third-order valence-electron chi connectivity index (χ3n) is 4.42. The molecule has 2 fully saturated rings. The molecule has 1 saturated heterocycles. The number of nitrogens with zero attached hydrogens (tertiary/aromatic N) is 1. The largest absolute Gasteiger partial charge is 0.378 e. The fourth-order valence-electron chi connectivity index (χ4n) is 3.21. The van der Waals surface area contributed by atoms with Gasteiger partial charge in [0.05, 0.1) is 17.1 Å². The van der Waals surface area contributed by atoms with Crippen LogP contribution in [0.1, 0.15) is 18.4 Å².